The molecule has 1 unspecified atom stereocenters. The van der Waals surface area contributed by atoms with Gasteiger partial charge in [0.1, 0.15) is 0 Å². The van der Waals surface area contributed by atoms with Crippen LogP contribution < -0.4 is 5.32 Å². The van der Waals surface area contributed by atoms with Crippen molar-refractivity contribution in [1.29, 1.82) is 0 Å². The van der Waals surface area contributed by atoms with Crippen molar-refractivity contribution in [2.45, 2.75) is 45.6 Å². The van der Waals surface area contributed by atoms with Crippen LogP contribution >= 0.6 is 11.6 Å². The van der Waals surface area contributed by atoms with Gasteiger partial charge in [-0.1, -0.05) is 50.6 Å². The lowest BCUT2D eigenvalue weighted by atomic mass is 9.75. The largest absolute Gasteiger partial charge is 0.307 e. The molecular formula is C15H22ClN. The molecule has 0 amide bonds. The smallest absolute Gasteiger partial charge is 0.0456 e. The summed E-state index contributed by atoms with van der Waals surface area (Å²) in [5.41, 5.74) is 1.65. The third kappa shape index (κ3) is 2.83. The van der Waals surface area contributed by atoms with E-state index in [1.165, 1.54) is 18.4 Å². The minimum Gasteiger partial charge on any atom is -0.307 e. The summed E-state index contributed by atoms with van der Waals surface area (Å²) in [6.07, 6.45) is 3.55. The van der Waals surface area contributed by atoms with E-state index in [2.05, 4.69) is 38.2 Å². The lowest BCUT2D eigenvalue weighted by Gasteiger charge is -2.37. The Hall–Kier alpha value is -0.530. The molecule has 1 nitrogen and oxygen atoms in total. The van der Waals surface area contributed by atoms with Crippen LogP contribution in [0.5, 0.6) is 0 Å². The van der Waals surface area contributed by atoms with E-state index < -0.39 is 0 Å². The highest BCUT2D eigenvalue weighted by Gasteiger charge is 2.39. The zero-order chi connectivity index (χ0) is 12.5. The second kappa shape index (κ2) is 4.62. The summed E-state index contributed by atoms with van der Waals surface area (Å²) in [6, 6.07) is 8.27. The Kier molecular flexibility index (Phi) is 3.51. The first-order chi connectivity index (χ1) is 7.93. The van der Waals surface area contributed by atoms with E-state index in [1.807, 2.05) is 12.1 Å². The van der Waals surface area contributed by atoms with Gasteiger partial charge < -0.3 is 5.32 Å². The lowest BCUT2D eigenvalue weighted by Crippen LogP contribution is -2.40. The quantitative estimate of drug-likeness (QED) is 0.824. The minimum absolute atomic E-state index is 0.0800. The Balaban J connectivity index is 2.38. The highest BCUT2D eigenvalue weighted by atomic mass is 35.5. The summed E-state index contributed by atoms with van der Waals surface area (Å²) < 4.78 is 0. The summed E-state index contributed by atoms with van der Waals surface area (Å²) in [5, 5.41) is 4.59. The monoisotopic (exact) mass is 251 g/mol. The average Bonchev–Trinajstić information content (AvgIpc) is 2.65. The molecule has 1 atom stereocenters. The first-order valence-corrected chi connectivity index (χ1v) is 6.81. The van der Waals surface area contributed by atoms with E-state index in [4.69, 9.17) is 11.6 Å². The molecule has 1 aliphatic rings. The van der Waals surface area contributed by atoms with Crippen LogP contribution in [0.4, 0.5) is 0 Å². The first-order valence-electron chi connectivity index (χ1n) is 6.43. The normalized spacial score (nSPS) is 25.2. The highest BCUT2D eigenvalue weighted by Crippen LogP contribution is 2.43. The zero-order valence-electron chi connectivity index (χ0n) is 11.0. The van der Waals surface area contributed by atoms with Gasteiger partial charge in [-0.2, -0.15) is 0 Å². The maximum atomic E-state index is 6.38. The summed E-state index contributed by atoms with van der Waals surface area (Å²) >= 11 is 6.38. The van der Waals surface area contributed by atoms with E-state index in [-0.39, 0.29) is 5.54 Å². The third-order valence-corrected chi connectivity index (χ3v) is 3.79. The summed E-state index contributed by atoms with van der Waals surface area (Å²) in [4.78, 5) is 0. The van der Waals surface area contributed by atoms with Crippen molar-refractivity contribution < 1.29 is 0 Å². The molecule has 0 aromatic heterocycles. The number of hydrogen-bond acceptors (Lipinski definition) is 1. The van der Waals surface area contributed by atoms with Crippen LogP contribution in [-0.2, 0) is 5.54 Å². The molecule has 0 saturated carbocycles. The van der Waals surface area contributed by atoms with Gasteiger partial charge in [0.15, 0.2) is 0 Å². The topological polar surface area (TPSA) is 12.0 Å². The van der Waals surface area contributed by atoms with Crippen molar-refractivity contribution in [3.8, 4) is 0 Å². The van der Waals surface area contributed by atoms with Gasteiger partial charge in [-0.15, -0.1) is 0 Å². The second-order valence-corrected chi connectivity index (χ2v) is 6.74. The first kappa shape index (κ1) is 12.9. The molecule has 1 N–H and O–H groups in total. The number of rotatable bonds is 2. The van der Waals surface area contributed by atoms with Crippen molar-refractivity contribution in [2.24, 2.45) is 5.41 Å². The van der Waals surface area contributed by atoms with E-state index >= 15 is 0 Å². The zero-order valence-corrected chi connectivity index (χ0v) is 11.8. The van der Waals surface area contributed by atoms with Crippen LogP contribution in [-0.4, -0.2) is 6.54 Å². The van der Waals surface area contributed by atoms with E-state index in [0.29, 0.717) is 5.41 Å². The maximum Gasteiger partial charge on any atom is 0.0456 e. The van der Waals surface area contributed by atoms with Gasteiger partial charge in [0.25, 0.3) is 0 Å². The fraction of sp³-hybridized carbons (Fsp3) is 0.600. The third-order valence-electron chi connectivity index (χ3n) is 3.47. The van der Waals surface area contributed by atoms with Crippen LogP contribution in [0.25, 0.3) is 0 Å². The molecule has 1 saturated heterocycles. The molecule has 1 fully saturated rings. The Labute approximate surface area is 110 Å². The molecular weight excluding hydrogens is 230 g/mol. The molecule has 17 heavy (non-hydrogen) atoms. The van der Waals surface area contributed by atoms with Gasteiger partial charge >= 0.3 is 0 Å². The van der Waals surface area contributed by atoms with Crippen molar-refractivity contribution in [2.75, 3.05) is 6.54 Å². The number of benzene rings is 1. The van der Waals surface area contributed by atoms with Crippen LogP contribution in [0.2, 0.25) is 5.02 Å². The van der Waals surface area contributed by atoms with Crippen LogP contribution in [0.3, 0.4) is 0 Å². The van der Waals surface area contributed by atoms with Crippen molar-refractivity contribution >= 4 is 11.6 Å². The van der Waals surface area contributed by atoms with Crippen LogP contribution in [0.1, 0.15) is 45.6 Å². The molecule has 1 heterocycles. The SMILES string of the molecule is CC(C)(C)CC1(c2ccccc2Cl)CCCN1. The highest BCUT2D eigenvalue weighted by molar-refractivity contribution is 6.31. The fourth-order valence-electron chi connectivity index (χ4n) is 3.04. The van der Waals surface area contributed by atoms with E-state index in [1.54, 1.807) is 0 Å². The van der Waals surface area contributed by atoms with Crippen molar-refractivity contribution in [1.82, 2.24) is 5.32 Å². The Morgan fingerprint density at radius 1 is 1.29 bits per heavy atom. The number of nitrogens with one attached hydrogen (secondary N) is 1. The molecule has 0 spiro atoms. The minimum atomic E-state index is 0.0800. The Morgan fingerprint density at radius 3 is 2.53 bits per heavy atom. The molecule has 2 heteroatoms. The summed E-state index contributed by atoms with van der Waals surface area (Å²) in [6.45, 7) is 7.99. The molecule has 1 aliphatic heterocycles. The molecule has 0 aliphatic carbocycles. The Morgan fingerprint density at radius 2 is 2.00 bits per heavy atom. The standard InChI is InChI=1S/C15H22ClN/c1-14(2,3)11-15(9-6-10-17-15)12-7-4-5-8-13(12)16/h4-5,7-8,17H,6,9-11H2,1-3H3. The van der Waals surface area contributed by atoms with Gasteiger partial charge in [-0.25, -0.2) is 0 Å². The lowest BCUT2D eigenvalue weighted by molar-refractivity contribution is 0.232. The fourth-order valence-corrected chi connectivity index (χ4v) is 3.35. The van der Waals surface area contributed by atoms with Gasteiger partial charge in [-0.05, 0) is 42.9 Å². The predicted octanol–water partition coefficient (Wildman–Crippen LogP) is 4.35. The summed E-state index contributed by atoms with van der Waals surface area (Å²) in [5.74, 6) is 0. The van der Waals surface area contributed by atoms with E-state index in [0.717, 1.165) is 18.0 Å². The molecule has 94 valence electrons. The average molecular weight is 252 g/mol. The molecule has 2 rings (SSSR count). The van der Waals surface area contributed by atoms with Gasteiger partial charge in [0, 0.05) is 10.6 Å². The Bertz CT molecular complexity index is 386. The van der Waals surface area contributed by atoms with Gasteiger partial charge in [-0.3, -0.25) is 0 Å². The predicted molar refractivity (Wildman–Crippen MR) is 74.4 cm³/mol. The molecule has 0 bridgehead atoms. The van der Waals surface area contributed by atoms with Crippen LogP contribution in [0.15, 0.2) is 24.3 Å². The molecule has 1 aromatic carbocycles. The number of hydrogen-bond donors (Lipinski definition) is 1. The molecule has 1 aromatic rings. The van der Waals surface area contributed by atoms with Crippen LogP contribution in [0, 0.1) is 5.41 Å². The van der Waals surface area contributed by atoms with Crippen molar-refractivity contribution in [3.63, 3.8) is 0 Å². The van der Waals surface area contributed by atoms with E-state index in [9.17, 15) is 0 Å². The van der Waals surface area contributed by atoms with Crippen molar-refractivity contribution in [3.05, 3.63) is 34.9 Å². The number of halogens is 1. The second-order valence-electron chi connectivity index (χ2n) is 6.33. The van der Waals surface area contributed by atoms with Gasteiger partial charge in [0.2, 0.25) is 0 Å². The summed E-state index contributed by atoms with van der Waals surface area (Å²) in [7, 11) is 0. The van der Waals surface area contributed by atoms with Gasteiger partial charge in [0.05, 0.1) is 0 Å². The maximum absolute atomic E-state index is 6.38. The molecule has 0 radical (unpaired) electrons.